The number of nitrogens with zero attached hydrogens (tertiary/aromatic N) is 1. The van der Waals surface area contributed by atoms with Crippen LogP contribution < -0.4 is 4.84 Å². The van der Waals surface area contributed by atoms with Crippen LogP contribution in [-0.2, 0) is 0 Å². The molecule has 0 bridgehead atoms. The van der Waals surface area contributed by atoms with Gasteiger partial charge >= 0.3 is 0 Å². The van der Waals surface area contributed by atoms with Crippen LogP contribution in [0.15, 0.2) is 44.4 Å². The van der Waals surface area contributed by atoms with E-state index in [0.717, 1.165) is 20.1 Å². The quantitative estimate of drug-likeness (QED) is 0.411. The Morgan fingerprint density at radius 2 is 1.55 bits per heavy atom. The zero-order chi connectivity index (χ0) is 14.7. The van der Waals surface area contributed by atoms with Crippen molar-refractivity contribution < 1.29 is 4.84 Å². The molecule has 0 aliphatic heterocycles. The molecule has 0 spiro atoms. The van der Waals surface area contributed by atoms with E-state index in [2.05, 4.69) is 37.0 Å². The zero-order valence-corrected chi connectivity index (χ0v) is 15.0. The minimum absolute atomic E-state index is 0.490. The van der Waals surface area contributed by atoms with E-state index < -0.39 is 0 Å². The summed E-state index contributed by atoms with van der Waals surface area (Å²) >= 11 is 18.7. The Bertz CT molecular complexity index is 631. The van der Waals surface area contributed by atoms with Gasteiger partial charge in [0.15, 0.2) is 5.75 Å². The highest BCUT2D eigenvalue weighted by molar-refractivity contribution is 9.11. The summed E-state index contributed by atoms with van der Waals surface area (Å²) in [5.41, 5.74) is 2.03. The van der Waals surface area contributed by atoms with E-state index >= 15 is 0 Å². The van der Waals surface area contributed by atoms with Gasteiger partial charge in [-0.2, -0.15) is 0 Å². The van der Waals surface area contributed by atoms with E-state index in [9.17, 15) is 0 Å². The van der Waals surface area contributed by atoms with Gasteiger partial charge in [-0.1, -0.05) is 60.2 Å². The Balaban J connectivity index is 2.14. The summed E-state index contributed by atoms with van der Waals surface area (Å²) in [6.07, 6.45) is 1.61. The molecular formula is C14H9Br2Cl2NO. The molecule has 0 atom stereocenters. The first kappa shape index (κ1) is 15.8. The van der Waals surface area contributed by atoms with Gasteiger partial charge in [-0.3, -0.25) is 0 Å². The van der Waals surface area contributed by atoms with Gasteiger partial charge in [-0.05, 0) is 36.2 Å². The maximum Gasteiger partial charge on any atom is 0.160 e. The van der Waals surface area contributed by atoms with Gasteiger partial charge in [0.2, 0.25) is 0 Å². The Morgan fingerprint density at radius 3 is 2.10 bits per heavy atom. The molecule has 2 nitrogen and oxygen atoms in total. The largest absolute Gasteiger partial charge is 0.357 e. The highest BCUT2D eigenvalue weighted by Gasteiger charge is 2.02. The van der Waals surface area contributed by atoms with Crippen LogP contribution in [-0.4, -0.2) is 6.21 Å². The van der Waals surface area contributed by atoms with E-state index in [1.807, 2.05) is 19.1 Å². The Kier molecular flexibility index (Phi) is 5.49. The van der Waals surface area contributed by atoms with Gasteiger partial charge in [-0.15, -0.1) is 0 Å². The maximum absolute atomic E-state index is 5.88. The fourth-order valence-corrected chi connectivity index (χ4v) is 3.20. The third kappa shape index (κ3) is 4.22. The highest BCUT2D eigenvalue weighted by Crippen LogP contribution is 2.26. The monoisotopic (exact) mass is 435 g/mol. The van der Waals surface area contributed by atoms with Crippen LogP contribution in [0.4, 0.5) is 0 Å². The van der Waals surface area contributed by atoms with Crippen LogP contribution in [0.25, 0.3) is 0 Å². The minimum Gasteiger partial charge on any atom is -0.357 e. The number of hydrogen-bond donors (Lipinski definition) is 0. The van der Waals surface area contributed by atoms with Crippen molar-refractivity contribution in [2.24, 2.45) is 5.16 Å². The van der Waals surface area contributed by atoms with Crippen LogP contribution in [0, 0.1) is 6.92 Å². The highest BCUT2D eigenvalue weighted by atomic mass is 79.9. The summed E-state index contributed by atoms with van der Waals surface area (Å²) in [6, 6.07) is 8.83. The normalized spacial score (nSPS) is 11.1. The van der Waals surface area contributed by atoms with Crippen LogP contribution in [0.1, 0.15) is 11.1 Å². The summed E-state index contributed by atoms with van der Waals surface area (Å²) in [5.74, 6) is 0.490. The first-order valence-corrected chi connectivity index (χ1v) is 7.92. The fourth-order valence-electron chi connectivity index (χ4n) is 1.47. The lowest BCUT2D eigenvalue weighted by Gasteiger charge is -2.03. The lowest BCUT2D eigenvalue weighted by Crippen LogP contribution is -1.89. The second-order valence-corrected chi connectivity index (χ2v) is 6.62. The van der Waals surface area contributed by atoms with Crippen molar-refractivity contribution in [1.29, 1.82) is 0 Å². The van der Waals surface area contributed by atoms with Crippen molar-refractivity contribution in [3.63, 3.8) is 0 Å². The summed E-state index contributed by atoms with van der Waals surface area (Å²) in [4.78, 5) is 5.25. The molecule has 2 rings (SSSR count). The van der Waals surface area contributed by atoms with Crippen LogP contribution in [0.5, 0.6) is 5.75 Å². The maximum atomic E-state index is 5.88. The molecular weight excluding hydrogens is 429 g/mol. The molecule has 0 N–H and O–H groups in total. The van der Waals surface area contributed by atoms with Crippen molar-refractivity contribution in [3.05, 3.63) is 60.4 Å². The van der Waals surface area contributed by atoms with Crippen molar-refractivity contribution in [1.82, 2.24) is 0 Å². The van der Waals surface area contributed by atoms with Crippen molar-refractivity contribution in [2.45, 2.75) is 6.92 Å². The summed E-state index contributed by atoms with van der Waals surface area (Å²) < 4.78 is 2.00. The number of oxime groups is 1. The first-order valence-electron chi connectivity index (χ1n) is 5.58. The molecule has 2 aromatic carbocycles. The zero-order valence-electron chi connectivity index (χ0n) is 10.3. The summed E-state index contributed by atoms with van der Waals surface area (Å²) in [5, 5.41) is 4.93. The average molecular weight is 438 g/mol. The molecule has 20 heavy (non-hydrogen) atoms. The lowest BCUT2D eigenvalue weighted by atomic mass is 10.2. The van der Waals surface area contributed by atoms with E-state index in [0.29, 0.717) is 15.8 Å². The Labute approximate surface area is 144 Å². The van der Waals surface area contributed by atoms with Crippen molar-refractivity contribution in [2.75, 3.05) is 0 Å². The van der Waals surface area contributed by atoms with E-state index in [4.69, 9.17) is 28.0 Å². The molecule has 0 heterocycles. The Hall–Kier alpha value is -0.550. The first-order chi connectivity index (χ1) is 9.45. The predicted molar refractivity (Wildman–Crippen MR) is 91.3 cm³/mol. The van der Waals surface area contributed by atoms with E-state index in [-0.39, 0.29) is 0 Å². The van der Waals surface area contributed by atoms with Crippen LogP contribution >= 0.6 is 55.1 Å². The molecule has 0 aromatic heterocycles. The summed E-state index contributed by atoms with van der Waals surface area (Å²) in [7, 11) is 0. The molecule has 6 heteroatoms. The van der Waals surface area contributed by atoms with Crippen molar-refractivity contribution >= 4 is 61.3 Å². The molecule has 0 amide bonds. The van der Waals surface area contributed by atoms with Gasteiger partial charge in [0.1, 0.15) is 0 Å². The fraction of sp³-hybridized carbons (Fsp3) is 0.0714. The van der Waals surface area contributed by atoms with Gasteiger partial charge in [0.05, 0.1) is 6.21 Å². The van der Waals surface area contributed by atoms with Crippen LogP contribution in [0.2, 0.25) is 10.0 Å². The molecule has 0 aliphatic carbocycles. The van der Waals surface area contributed by atoms with E-state index in [1.165, 1.54) is 0 Å². The second kappa shape index (κ2) is 6.94. The number of benzene rings is 2. The van der Waals surface area contributed by atoms with Gasteiger partial charge in [-0.25, -0.2) is 0 Å². The van der Waals surface area contributed by atoms with Gasteiger partial charge in [0.25, 0.3) is 0 Å². The summed E-state index contributed by atoms with van der Waals surface area (Å²) in [6.45, 7) is 2.01. The molecule has 0 saturated carbocycles. The number of rotatable bonds is 3. The minimum atomic E-state index is 0.490. The molecule has 0 saturated heterocycles. The van der Waals surface area contributed by atoms with E-state index in [1.54, 1.807) is 24.4 Å². The lowest BCUT2D eigenvalue weighted by molar-refractivity contribution is 0.344. The second-order valence-electron chi connectivity index (χ2n) is 4.04. The molecule has 0 radical (unpaired) electrons. The molecule has 0 aliphatic rings. The smallest absolute Gasteiger partial charge is 0.160 e. The van der Waals surface area contributed by atoms with Gasteiger partial charge in [0, 0.05) is 31.1 Å². The number of hydrogen-bond acceptors (Lipinski definition) is 2. The third-order valence-corrected chi connectivity index (χ3v) is 4.58. The Morgan fingerprint density at radius 1 is 1.00 bits per heavy atom. The van der Waals surface area contributed by atoms with Crippen LogP contribution in [0.3, 0.4) is 0 Å². The number of halogens is 4. The molecule has 2 aromatic rings. The van der Waals surface area contributed by atoms with Gasteiger partial charge < -0.3 is 4.84 Å². The molecule has 0 fully saturated rings. The van der Waals surface area contributed by atoms with Crippen molar-refractivity contribution in [3.8, 4) is 5.75 Å². The average Bonchev–Trinajstić information content (AvgIpc) is 2.34. The standard InChI is InChI=1S/C14H9Br2Cl2NO/c1-8-13(15)2-9(3-14(8)16)7-19-20-12-5-10(17)4-11(18)6-12/h2-7H,1H3/b19-7-. The topological polar surface area (TPSA) is 21.6 Å². The third-order valence-electron chi connectivity index (χ3n) is 2.50. The predicted octanol–water partition coefficient (Wildman–Crippen LogP) is 6.24. The molecule has 104 valence electrons. The molecule has 0 unspecified atom stereocenters. The SMILES string of the molecule is Cc1c(Br)cc(/C=N\Oc2cc(Cl)cc(Cl)c2)cc1Br.